The molecule has 0 aromatic carbocycles. The van der Waals surface area contributed by atoms with Crippen LogP contribution in [0.15, 0.2) is 0 Å². The predicted octanol–water partition coefficient (Wildman–Crippen LogP) is 2.99. The predicted molar refractivity (Wildman–Crippen MR) is 31.9 cm³/mol. The van der Waals surface area contributed by atoms with Crippen molar-refractivity contribution in [2.45, 2.75) is 23.9 Å². The third-order valence-corrected chi connectivity index (χ3v) is 1.63. The highest BCUT2D eigenvalue weighted by molar-refractivity contribution is 5.95. The Morgan fingerprint density at radius 3 is 1.29 bits per heavy atom. The van der Waals surface area contributed by atoms with Crippen molar-refractivity contribution < 1.29 is 48.7 Å². The van der Waals surface area contributed by atoms with Gasteiger partial charge in [-0.05, 0) is 0 Å². The van der Waals surface area contributed by atoms with E-state index in [9.17, 15) is 48.7 Å². The topological polar surface area (TPSA) is 17.1 Å². The van der Waals surface area contributed by atoms with Crippen molar-refractivity contribution >= 4 is 5.78 Å². The molecular formula is C6H2F10O. The van der Waals surface area contributed by atoms with E-state index >= 15 is 0 Å². The summed E-state index contributed by atoms with van der Waals surface area (Å²) >= 11 is 0. The quantitative estimate of drug-likeness (QED) is 0.726. The van der Waals surface area contributed by atoms with Gasteiger partial charge in [0.1, 0.15) is 6.67 Å². The van der Waals surface area contributed by atoms with E-state index in [-0.39, 0.29) is 0 Å². The maximum Gasteiger partial charge on any atom is 0.461 e. The van der Waals surface area contributed by atoms with Gasteiger partial charge in [-0.2, -0.15) is 35.1 Å². The molecule has 1 nitrogen and oxygen atoms in total. The fraction of sp³-hybridized carbons (Fsp3) is 0.833. The Labute approximate surface area is 86.4 Å². The Morgan fingerprint density at radius 1 is 0.765 bits per heavy atom. The minimum absolute atomic E-state index is 3.37. The fourth-order valence-corrected chi connectivity index (χ4v) is 0.643. The Hall–Kier alpha value is -1.03. The first-order chi connectivity index (χ1) is 7.22. The molecule has 0 heterocycles. The highest BCUT2D eigenvalue weighted by atomic mass is 19.4. The Morgan fingerprint density at radius 2 is 1.12 bits per heavy atom. The molecule has 0 spiro atoms. The van der Waals surface area contributed by atoms with E-state index in [1.54, 1.807) is 0 Å². The minimum Gasteiger partial charge on any atom is -0.288 e. The number of carbonyl (C=O) groups is 1. The summed E-state index contributed by atoms with van der Waals surface area (Å²) in [6.45, 7) is -3.37. The lowest BCUT2D eigenvalue weighted by Gasteiger charge is -2.28. The molecule has 0 aromatic rings. The number of alkyl halides is 10. The van der Waals surface area contributed by atoms with Crippen LogP contribution in [0, 0.1) is 0 Å². The maximum atomic E-state index is 12.6. The smallest absolute Gasteiger partial charge is 0.288 e. The summed E-state index contributed by atoms with van der Waals surface area (Å²) in [5.41, 5.74) is -5.90. The summed E-state index contributed by atoms with van der Waals surface area (Å²) in [6, 6.07) is 0. The molecule has 0 bridgehead atoms. The number of halogens is 10. The molecule has 0 saturated carbocycles. The van der Waals surface area contributed by atoms with E-state index in [1.807, 2.05) is 0 Å². The number of hydrogen-bond acceptors (Lipinski definition) is 1. The van der Waals surface area contributed by atoms with Gasteiger partial charge in [0.15, 0.2) is 0 Å². The summed E-state index contributed by atoms with van der Waals surface area (Å²) in [6.07, 6.45) is -13.3. The van der Waals surface area contributed by atoms with Crippen molar-refractivity contribution in [1.29, 1.82) is 0 Å². The van der Waals surface area contributed by atoms with Crippen LogP contribution in [0.3, 0.4) is 0 Å². The average molecular weight is 280 g/mol. The van der Waals surface area contributed by atoms with Gasteiger partial charge >= 0.3 is 18.3 Å². The fourth-order valence-electron chi connectivity index (χ4n) is 0.643. The van der Waals surface area contributed by atoms with Crippen molar-refractivity contribution in [3.63, 3.8) is 0 Å². The Balaban J connectivity index is 5.58. The van der Waals surface area contributed by atoms with Crippen LogP contribution in [0.1, 0.15) is 0 Å². The maximum absolute atomic E-state index is 12.6. The van der Waals surface area contributed by atoms with Gasteiger partial charge in [0.2, 0.25) is 0 Å². The molecule has 0 rings (SSSR count). The summed E-state index contributed by atoms with van der Waals surface area (Å²) < 4.78 is 118. The zero-order chi connectivity index (χ0) is 14.3. The molecule has 0 fully saturated rings. The first kappa shape index (κ1) is 16.0. The first-order valence-corrected chi connectivity index (χ1v) is 3.53. The second-order valence-corrected chi connectivity index (χ2v) is 2.83. The van der Waals surface area contributed by atoms with E-state index in [0.29, 0.717) is 0 Å². The molecule has 1 unspecified atom stereocenters. The normalized spacial score (nSPS) is 17.8. The summed E-state index contributed by atoms with van der Waals surface area (Å²) in [5.74, 6) is -10.9. The van der Waals surface area contributed by atoms with Crippen LogP contribution in [0.5, 0.6) is 0 Å². The number of Topliss-reactive ketones (excluding diaryl/α,β-unsaturated/α-hetero) is 1. The van der Waals surface area contributed by atoms with E-state index in [4.69, 9.17) is 0 Å². The van der Waals surface area contributed by atoms with Crippen molar-refractivity contribution in [2.24, 2.45) is 0 Å². The third-order valence-electron chi connectivity index (χ3n) is 1.63. The van der Waals surface area contributed by atoms with Gasteiger partial charge in [-0.1, -0.05) is 0 Å². The van der Waals surface area contributed by atoms with Crippen LogP contribution < -0.4 is 0 Å². The number of hydrogen-bond donors (Lipinski definition) is 0. The van der Waals surface area contributed by atoms with Crippen LogP contribution in [-0.2, 0) is 4.79 Å². The highest BCUT2D eigenvalue weighted by Crippen LogP contribution is 2.45. The van der Waals surface area contributed by atoms with Crippen molar-refractivity contribution in [3.05, 3.63) is 0 Å². The van der Waals surface area contributed by atoms with Gasteiger partial charge in [-0.15, -0.1) is 0 Å². The van der Waals surface area contributed by atoms with Gasteiger partial charge in [0, 0.05) is 0 Å². The molecule has 0 aliphatic carbocycles. The molecule has 0 aromatic heterocycles. The summed E-state index contributed by atoms with van der Waals surface area (Å²) in [4.78, 5) is 10.2. The molecular weight excluding hydrogens is 278 g/mol. The second-order valence-electron chi connectivity index (χ2n) is 2.83. The van der Waals surface area contributed by atoms with Crippen LogP contribution in [0.2, 0.25) is 0 Å². The lowest BCUT2D eigenvalue weighted by Crippen LogP contribution is -2.60. The standard InChI is InChI=1S/C6H2F10O/c7-1-3(8,5(11,12)13)2(17)4(9,10)6(14,15)16/h1H2. The average Bonchev–Trinajstić information content (AvgIpc) is 2.11. The van der Waals surface area contributed by atoms with E-state index in [1.165, 1.54) is 0 Å². The van der Waals surface area contributed by atoms with Gasteiger partial charge in [-0.3, -0.25) is 4.79 Å². The number of rotatable bonds is 3. The molecule has 0 radical (unpaired) electrons. The Kier molecular flexibility index (Phi) is 3.77. The van der Waals surface area contributed by atoms with Crippen LogP contribution in [0.4, 0.5) is 43.9 Å². The van der Waals surface area contributed by atoms with Crippen LogP contribution in [-0.4, -0.2) is 36.4 Å². The van der Waals surface area contributed by atoms with Crippen LogP contribution >= 0.6 is 0 Å². The number of carbonyl (C=O) groups excluding carboxylic acids is 1. The van der Waals surface area contributed by atoms with E-state index in [2.05, 4.69) is 0 Å². The van der Waals surface area contributed by atoms with Gasteiger partial charge in [0.05, 0.1) is 0 Å². The highest BCUT2D eigenvalue weighted by Gasteiger charge is 2.75. The molecule has 102 valence electrons. The zero-order valence-corrected chi connectivity index (χ0v) is 7.39. The first-order valence-electron chi connectivity index (χ1n) is 3.53. The van der Waals surface area contributed by atoms with Gasteiger partial charge in [0.25, 0.3) is 11.5 Å². The number of ketones is 1. The van der Waals surface area contributed by atoms with Crippen LogP contribution in [0.25, 0.3) is 0 Å². The molecule has 0 amide bonds. The Bertz CT molecular complexity index is 301. The summed E-state index contributed by atoms with van der Waals surface area (Å²) in [7, 11) is 0. The molecule has 17 heavy (non-hydrogen) atoms. The van der Waals surface area contributed by atoms with E-state index in [0.717, 1.165) is 0 Å². The molecule has 0 aliphatic rings. The summed E-state index contributed by atoms with van der Waals surface area (Å²) in [5, 5.41) is 0. The molecule has 0 saturated heterocycles. The second kappa shape index (κ2) is 4.02. The van der Waals surface area contributed by atoms with Crippen molar-refractivity contribution in [3.8, 4) is 0 Å². The lowest BCUT2D eigenvalue weighted by atomic mass is 9.96. The van der Waals surface area contributed by atoms with Crippen molar-refractivity contribution in [2.75, 3.05) is 6.67 Å². The largest absolute Gasteiger partial charge is 0.461 e. The molecule has 11 heteroatoms. The molecule has 1 atom stereocenters. The lowest BCUT2D eigenvalue weighted by molar-refractivity contribution is -0.289. The monoisotopic (exact) mass is 280 g/mol. The molecule has 0 N–H and O–H groups in total. The SMILES string of the molecule is O=C(C(F)(F)C(F)(F)F)C(F)(CF)C(F)(F)F. The zero-order valence-electron chi connectivity index (χ0n) is 7.39. The minimum atomic E-state index is -6.75. The third kappa shape index (κ3) is 2.46. The molecule has 0 aliphatic heterocycles. The van der Waals surface area contributed by atoms with Gasteiger partial charge in [-0.25, -0.2) is 8.78 Å². The van der Waals surface area contributed by atoms with Gasteiger partial charge < -0.3 is 0 Å². The van der Waals surface area contributed by atoms with Crippen molar-refractivity contribution in [1.82, 2.24) is 0 Å². The van der Waals surface area contributed by atoms with E-state index < -0.39 is 36.4 Å².